The fourth-order valence-corrected chi connectivity index (χ4v) is 3.33. The van der Waals surface area contributed by atoms with E-state index >= 15 is 0 Å². The number of allylic oxidation sites excluding steroid dienone is 1. The van der Waals surface area contributed by atoms with E-state index in [9.17, 15) is 4.79 Å². The van der Waals surface area contributed by atoms with Crippen molar-refractivity contribution in [1.82, 2.24) is 10.2 Å². The number of rotatable bonds is 2. The average molecular weight is 270 g/mol. The summed E-state index contributed by atoms with van der Waals surface area (Å²) in [6.07, 6.45) is 2.33. The number of carbonyl (C=O) groups excluding carboxylic acids is 1. The zero-order chi connectivity index (χ0) is 14.2. The lowest BCUT2D eigenvalue weighted by molar-refractivity contribution is 0.0775. The van der Waals surface area contributed by atoms with Crippen molar-refractivity contribution in [3.63, 3.8) is 0 Å². The zero-order valence-electron chi connectivity index (χ0n) is 12.1. The standard InChI is InChI=1S/C17H22N2O/c1-13(2)14-3-5-15(6-4-14)16(20)19-10-8-17(12-19)7-9-18-11-17/h3-6,18H,1,7-12H2,2H3. The SMILES string of the molecule is C=C(C)c1ccc(C(=O)N2CCC3(CCNC3)C2)cc1. The average Bonchev–Trinajstić information content (AvgIpc) is 3.09. The first-order chi connectivity index (χ1) is 9.60. The van der Waals surface area contributed by atoms with Crippen LogP contribution >= 0.6 is 0 Å². The highest BCUT2D eigenvalue weighted by atomic mass is 16.2. The fourth-order valence-electron chi connectivity index (χ4n) is 3.33. The maximum Gasteiger partial charge on any atom is 0.253 e. The van der Waals surface area contributed by atoms with E-state index in [4.69, 9.17) is 0 Å². The normalized spacial score (nSPS) is 25.4. The first-order valence-electron chi connectivity index (χ1n) is 7.36. The van der Waals surface area contributed by atoms with Gasteiger partial charge in [-0.2, -0.15) is 0 Å². The number of hydrogen-bond donors (Lipinski definition) is 1. The van der Waals surface area contributed by atoms with Crippen molar-refractivity contribution in [3.05, 3.63) is 42.0 Å². The maximum atomic E-state index is 12.6. The van der Waals surface area contributed by atoms with Gasteiger partial charge in [-0.15, -0.1) is 0 Å². The minimum atomic E-state index is 0.169. The first-order valence-corrected chi connectivity index (χ1v) is 7.36. The Labute approximate surface area is 120 Å². The molecule has 2 aliphatic rings. The Morgan fingerprint density at radius 3 is 2.55 bits per heavy atom. The van der Waals surface area contributed by atoms with Crippen LogP contribution in [0.15, 0.2) is 30.8 Å². The van der Waals surface area contributed by atoms with Gasteiger partial charge in [-0.05, 0) is 44.0 Å². The van der Waals surface area contributed by atoms with Crippen LogP contribution in [0.4, 0.5) is 0 Å². The molecule has 1 aromatic rings. The van der Waals surface area contributed by atoms with Crippen LogP contribution in [0.25, 0.3) is 5.57 Å². The number of amides is 1. The molecule has 0 saturated carbocycles. The molecular formula is C17H22N2O. The van der Waals surface area contributed by atoms with Gasteiger partial charge in [0.15, 0.2) is 0 Å². The summed E-state index contributed by atoms with van der Waals surface area (Å²) < 4.78 is 0. The quantitative estimate of drug-likeness (QED) is 0.895. The molecule has 0 aromatic heterocycles. The topological polar surface area (TPSA) is 32.3 Å². The van der Waals surface area contributed by atoms with Crippen LogP contribution in [0.1, 0.15) is 35.7 Å². The van der Waals surface area contributed by atoms with E-state index in [-0.39, 0.29) is 5.91 Å². The highest BCUT2D eigenvalue weighted by Crippen LogP contribution is 2.36. The second-order valence-corrected chi connectivity index (χ2v) is 6.26. The lowest BCUT2D eigenvalue weighted by Gasteiger charge is -2.22. The van der Waals surface area contributed by atoms with Gasteiger partial charge in [0.25, 0.3) is 5.91 Å². The molecule has 1 atom stereocenters. The lowest BCUT2D eigenvalue weighted by Crippen LogP contribution is -2.33. The number of nitrogens with zero attached hydrogens (tertiary/aromatic N) is 1. The van der Waals surface area contributed by atoms with Gasteiger partial charge in [0, 0.05) is 30.6 Å². The van der Waals surface area contributed by atoms with E-state index in [0.717, 1.165) is 49.3 Å². The summed E-state index contributed by atoms with van der Waals surface area (Å²) in [6, 6.07) is 7.81. The molecule has 2 saturated heterocycles. The van der Waals surface area contributed by atoms with Crippen LogP contribution in [-0.2, 0) is 0 Å². The van der Waals surface area contributed by atoms with Gasteiger partial charge in [-0.25, -0.2) is 0 Å². The molecule has 1 N–H and O–H groups in total. The van der Waals surface area contributed by atoms with Crippen molar-refractivity contribution in [3.8, 4) is 0 Å². The molecule has 0 radical (unpaired) electrons. The van der Waals surface area contributed by atoms with Crippen LogP contribution in [0.3, 0.4) is 0 Å². The predicted octanol–water partition coefficient (Wildman–Crippen LogP) is 2.55. The van der Waals surface area contributed by atoms with Crippen LogP contribution in [0, 0.1) is 5.41 Å². The van der Waals surface area contributed by atoms with E-state index in [1.807, 2.05) is 36.1 Å². The van der Waals surface area contributed by atoms with Gasteiger partial charge in [0.05, 0.1) is 0 Å². The van der Waals surface area contributed by atoms with Gasteiger partial charge in [-0.3, -0.25) is 4.79 Å². The molecule has 2 heterocycles. The van der Waals surface area contributed by atoms with Gasteiger partial charge >= 0.3 is 0 Å². The third-order valence-corrected chi connectivity index (χ3v) is 4.68. The molecule has 0 bridgehead atoms. The Kier molecular flexibility index (Phi) is 3.38. The van der Waals surface area contributed by atoms with Crippen molar-refractivity contribution in [1.29, 1.82) is 0 Å². The minimum Gasteiger partial charge on any atom is -0.338 e. The highest BCUT2D eigenvalue weighted by molar-refractivity contribution is 5.94. The number of carbonyl (C=O) groups is 1. The van der Waals surface area contributed by atoms with E-state index in [0.29, 0.717) is 5.41 Å². The molecule has 106 valence electrons. The Hall–Kier alpha value is -1.61. The molecule has 2 aliphatic heterocycles. The Bertz CT molecular complexity index is 526. The molecular weight excluding hydrogens is 248 g/mol. The molecule has 3 heteroatoms. The largest absolute Gasteiger partial charge is 0.338 e. The third-order valence-electron chi connectivity index (χ3n) is 4.68. The van der Waals surface area contributed by atoms with E-state index in [1.54, 1.807) is 0 Å². The smallest absolute Gasteiger partial charge is 0.253 e. The van der Waals surface area contributed by atoms with E-state index in [2.05, 4.69) is 11.9 Å². The Balaban J connectivity index is 1.71. The summed E-state index contributed by atoms with van der Waals surface area (Å²) in [7, 11) is 0. The van der Waals surface area contributed by atoms with Crippen molar-refractivity contribution in [2.24, 2.45) is 5.41 Å². The summed E-state index contributed by atoms with van der Waals surface area (Å²) >= 11 is 0. The summed E-state index contributed by atoms with van der Waals surface area (Å²) in [5.41, 5.74) is 3.26. The Morgan fingerprint density at radius 1 is 1.25 bits per heavy atom. The summed E-state index contributed by atoms with van der Waals surface area (Å²) in [5.74, 6) is 0.169. The molecule has 1 unspecified atom stereocenters. The summed E-state index contributed by atoms with van der Waals surface area (Å²) in [5, 5.41) is 3.43. The van der Waals surface area contributed by atoms with Gasteiger partial charge in [0.2, 0.25) is 0 Å². The maximum absolute atomic E-state index is 12.6. The Morgan fingerprint density at radius 2 is 1.95 bits per heavy atom. The summed E-state index contributed by atoms with van der Waals surface area (Å²) in [6.45, 7) is 9.85. The van der Waals surface area contributed by atoms with Crippen LogP contribution in [-0.4, -0.2) is 37.0 Å². The number of hydrogen-bond acceptors (Lipinski definition) is 2. The second-order valence-electron chi connectivity index (χ2n) is 6.26. The number of benzene rings is 1. The molecule has 2 fully saturated rings. The fraction of sp³-hybridized carbons (Fsp3) is 0.471. The van der Waals surface area contributed by atoms with Crippen molar-refractivity contribution in [2.75, 3.05) is 26.2 Å². The molecule has 1 amide bonds. The van der Waals surface area contributed by atoms with Crippen molar-refractivity contribution < 1.29 is 4.79 Å². The molecule has 20 heavy (non-hydrogen) atoms. The zero-order valence-corrected chi connectivity index (χ0v) is 12.1. The summed E-state index contributed by atoms with van der Waals surface area (Å²) in [4.78, 5) is 14.6. The van der Waals surface area contributed by atoms with Crippen LogP contribution in [0.5, 0.6) is 0 Å². The van der Waals surface area contributed by atoms with Crippen molar-refractivity contribution in [2.45, 2.75) is 19.8 Å². The molecule has 1 aromatic carbocycles. The number of likely N-dealkylation sites (tertiary alicyclic amines) is 1. The van der Waals surface area contributed by atoms with Gasteiger partial charge < -0.3 is 10.2 Å². The van der Waals surface area contributed by atoms with E-state index in [1.165, 1.54) is 6.42 Å². The predicted molar refractivity (Wildman–Crippen MR) is 81.6 cm³/mol. The minimum absolute atomic E-state index is 0.169. The molecule has 0 aliphatic carbocycles. The molecule has 3 rings (SSSR count). The van der Waals surface area contributed by atoms with Gasteiger partial charge in [0.1, 0.15) is 0 Å². The van der Waals surface area contributed by atoms with Crippen LogP contribution in [0.2, 0.25) is 0 Å². The number of nitrogens with one attached hydrogen (secondary N) is 1. The van der Waals surface area contributed by atoms with E-state index < -0.39 is 0 Å². The second kappa shape index (κ2) is 5.06. The highest BCUT2D eigenvalue weighted by Gasteiger charge is 2.41. The van der Waals surface area contributed by atoms with Crippen molar-refractivity contribution >= 4 is 11.5 Å². The molecule has 1 spiro atoms. The third kappa shape index (κ3) is 2.38. The lowest BCUT2D eigenvalue weighted by atomic mass is 9.86. The monoisotopic (exact) mass is 270 g/mol. The molecule has 3 nitrogen and oxygen atoms in total. The van der Waals surface area contributed by atoms with Crippen LogP contribution < -0.4 is 5.32 Å². The first kappa shape index (κ1) is 13.4. The van der Waals surface area contributed by atoms with Gasteiger partial charge in [-0.1, -0.05) is 24.3 Å².